The van der Waals surface area contributed by atoms with E-state index in [9.17, 15) is 9.90 Å². The fourth-order valence-electron chi connectivity index (χ4n) is 3.01. The van der Waals surface area contributed by atoms with E-state index >= 15 is 0 Å². The predicted octanol–water partition coefficient (Wildman–Crippen LogP) is 3.43. The van der Waals surface area contributed by atoms with Crippen LogP contribution in [0.5, 0.6) is 0 Å². The Morgan fingerprint density at radius 2 is 2.05 bits per heavy atom. The average Bonchev–Trinajstić information content (AvgIpc) is 2.75. The lowest BCUT2D eigenvalue weighted by Gasteiger charge is -2.26. The van der Waals surface area contributed by atoms with Gasteiger partial charge < -0.3 is 9.52 Å². The molecule has 1 aliphatic rings. The van der Waals surface area contributed by atoms with Gasteiger partial charge >= 0.3 is 5.97 Å². The minimum absolute atomic E-state index is 0.292. The summed E-state index contributed by atoms with van der Waals surface area (Å²) in [6.07, 6.45) is 3.83. The molecule has 0 atom stereocenters. The molecule has 20 heavy (non-hydrogen) atoms. The third kappa shape index (κ3) is 2.43. The largest absolute Gasteiger partial charge is 0.478 e. The van der Waals surface area contributed by atoms with Crippen molar-refractivity contribution in [2.45, 2.75) is 32.7 Å². The molecule has 3 rings (SSSR count). The van der Waals surface area contributed by atoms with Crippen molar-refractivity contribution in [2.75, 3.05) is 13.1 Å². The maximum absolute atomic E-state index is 11.3. The highest BCUT2D eigenvalue weighted by Gasteiger charge is 2.18. The molecule has 106 valence electrons. The number of hydrogen-bond acceptors (Lipinski definition) is 3. The highest BCUT2D eigenvalue weighted by Crippen LogP contribution is 2.27. The van der Waals surface area contributed by atoms with Crippen LogP contribution in [0.4, 0.5) is 0 Å². The maximum Gasteiger partial charge on any atom is 0.339 e. The van der Waals surface area contributed by atoms with Crippen molar-refractivity contribution in [3.05, 3.63) is 35.1 Å². The first kappa shape index (κ1) is 13.2. The Labute approximate surface area is 118 Å². The second kappa shape index (κ2) is 5.29. The summed E-state index contributed by atoms with van der Waals surface area (Å²) in [5.74, 6) is -0.445. The molecule has 0 unspecified atom stereocenters. The summed E-state index contributed by atoms with van der Waals surface area (Å²) in [4.78, 5) is 13.8. The molecule has 0 bridgehead atoms. The van der Waals surface area contributed by atoms with Crippen molar-refractivity contribution < 1.29 is 14.3 Å². The van der Waals surface area contributed by atoms with E-state index in [4.69, 9.17) is 4.42 Å². The number of furan rings is 1. The number of fused-ring (bicyclic) bond motifs is 1. The quantitative estimate of drug-likeness (QED) is 0.931. The number of carboxylic acid groups (broad SMARTS) is 1. The van der Waals surface area contributed by atoms with Crippen LogP contribution in [0.3, 0.4) is 0 Å². The molecular formula is C16H19NO3. The van der Waals surface area contributed by atoms with Crippen molar-refractivity contribution in [1.82, 2.24) is 4.90 Å². The molecule has 2 aromatic rings. The van der Waals surface area contributed by atoms with Gasteiger partial charge in [0.1, 0.15) is 16.9 Å². The Morgan fingerprint density at radius 3 is 2.75 bits per heavy atom. The molecule has 0 amide bonds. The predicted molar refractivity (Wildman–Crippen MR) is 77.0 cm³/mol. The molecule has 1 aromatic heterocycles. The number of carboxylic acids is 1. The van der Waals surface area contributed by atoms with E-state index in [0.29, 0.717) is 22.3 Å². The number of aromatic carboxylic acids is 1. The zero-order valence-electron chi connectivity index (χ0n) is 11.7. The van der Waals surface area contributed by atoms with E-state index in [1.54, 1.807) is 6.92 Å². The van der Waals surface area contributed by atoms with Gasteiger partial charge in [0.25, 0.3) is 0 Å². The Hall–Kier alpha value is -1.81. The number of carbonyl (C=O) groups is 1. The summed E-state index contributed by atoms with van der Waals surface area (Å²) in [6, 6.07) is 5.88. The summed E-state index contributed by atoms with van der Waals surface area (Å²) in [7, 11) is 0. The number of aryl methyl sites for hydroxylation is 1. The molecule has 4 nitrogen and oxygen atoms in total. The smallest absolute Gasteiger partial charge is 0.339 e. The van der Waals surface area contributed by atoms with Crippen LogP contribution in [-0.2, 0) is 6.54 Å². The minimum atomic E-state index is -0.920. The van der Waals surface area contributed by atoms with Crippen molar-refractivity contribution in [3.63, 3.8) is 0 Å². The van der Waals surface area contributed by atoms with Crippen LogP contribution in [0, 0.1) is 6.92 Å². The lowest BCUT2D eigenvalue weighted by atomic mass is 10.1. The van der Waals surface area contributed by atoms with Crippen LogP contribution in [0.1, 0.15) is 40.9 Å². The molecule has 0 radical (unpaired) electrons. The van der Waals surface area contributed by atoms with Gasteiger partial charge in [0.2, 0.25) is 0 Å². The average molecular weight is 273 g/mol. The fourth-order valence-corrected chi connectivity index (χ4v) is 3.01. The van der Waals surface area contributed by atoms with Gasteiger partial charge in [-0.3, -0.25) is 4.90 Å². The fraction of sp³-hybridized carbons (Fsp3) is 0.438. The van der Waals surface area contributed by atoms with Crippen LogP contribution >= 0.6 is 0 Å². The number of piperidine rings is 1. The van der Waals surface area contributed by atoms with Crippen molar-refractivity contribution in [1.29, 1.82) is 0 Å². The van der Waals surface area contributed by atoms with E-state index in [1.807, 2.05) is 18.2 Å². The first-order chi connectivity index (χ1) is 9.65. The second-order valence-corrected chi connectivity index (χ2v) is 5.51. The summed E-state index contributed by atoms with van der Waals surface area (Å²) in [5.41, 5.74) is 2.10. The van der Waals surface area contributed by atoms with Crippen LogP contribution in [0.15, 0.2) is 22.6 Å². The lowest BCUT2D eigenvalue weighted by molar-refractivity contribution is 0.0697. The molecule has 0 spiro atoms. The minimum Gasteiger partial charge on any atom is -0.478 e. The number of benzene rings is 1. The van der Waals surface area contributed by atoms with Gasteiger partial charge in [-0.2, -0.15) is 0 Å². The zero-order valence-corrected chi connectivity index (χ0v) is 11.7. The number of rotatable bonds is 3. The van der Waals surface area contributed by atoms with Crippen LogP contribution in [0.2, 0.25) is 0 Å². The Morgan fingerprint density at radius 1 is 1.30 bits per heavy atom. The molecule has 0 saturated carbocycles. The van der Waals surface area contributed by atoms with Crippen molar-refractivity contribution in [3.8, 4) is 0 Å². The molecule has 2 heterocycles. The Kier molecular flexibility index (Phi) is 3.49. The summed E-state index contributed by atoms with van der Waals surface area (Å²) >= 11 is 0. The van der Waals surface area contributed by atoms with Gasteiger partial charge in [-0.15, -0.1) is 0 Å². The monoisotopic (exact) mass is 273 g/mol. The third-order valence-corrected chi connectivity index (χ3v) is 4.00. The van der Waals surface area contributed by atoms with Crippen LogP contribution in [-0.4, -0.2) is 29.1 Å². The molecule has 1 aliphatic heterocycles. The number of likely N-dealkylation sites (tertiary alicyclic amines) is 1. The first-order valence-electron chi connectivity index (χ1n) is 7.13. The Balaban J connectivity index is 1.92. The van der Waals surface area contributed by atoms with Gasteiger partial charge in [-0.25, -0.2) is 4.79 Å². The molecular weight excluding hydrogens is 254 g/mol. The molecule has 4 heteroatoms. The second-order valence-electron chi connectivity index (χ2n) is 5.51. The number of hydrogen-bond donors (Lipinski definition) is 1. The van der Waals surface area contributed by atoms with Crippen molar-refractivity contribution >= 4 is 16.9 Å². The van der Waals surface area contributed by atoms with Crippen molar-refractivity contribution in [2.24, 2.45) is 0 Å². The maximum atomic E-state index is 11.3. The van der Waals surface area contributed by atoms with E-state index in [0.717, 1.165) is 25.2 Å². The van der Waals surface area contributed by atoms with Gasteiger partial charge in [0.05, 0.1) is 0 Å². The summed E-state index contributed by atoms with van der Waals surface area (Å²) in [5, 5.41) is 10.0. The highest BCUT2D eigenvalue weighted by atomic mass is 16.4. The summed E-state index contributed by atoms with van der Waals surface area (Å²) < 4.78 is 5.51. The SMILES string of the molecule is Cc1oc2ccc(CN3CCCCC3)cc2c1C(=O)O. The molecule has 1 aromatic carbocycles. The third-order valence-electron chi connectivity index (χ3n) is 4.00. The normalized spacial score (nSPS) is 16.6. The Bertz CT molecular complexity index is 638. The van der Waals surface area contributed by atoms with Gasteiger partial charge in [-0.05, 0) is 50.6 Å². The lowest BCUT2D eigenvalue weighted by Crippen LogP contribution is -2.29. The van der Waals surface area contributed by atoms with Gasteiger partial charge in [0, 0.05) is 11.9 Å². The molecule has 1 N–H and O–H groups in total. The van der Waals surface area contributed by atoms with Crippen LogP contribution < -0.4 is 0 Å². The van der Waals surface area contributed by atoms with E-state index in [1.165, 1.54) is 19.3 Å². The topological polar surface area (TPSA) is 53.7 Å². The van der Waals surface area contributed by atoms with E-state index < -0.39 is 5.97 Å². The number of nitrogens with zero attached hydrogens (tertiary/aromatic N) is 1. The molecule has 0 aliphatic carbocycles. The van der Waals surface area contributed by atoms with Gasteiger partial charge in [-0.1, -0.05) is 12.5 Å². The molecule has 1 saturated heterocycles. The highest BCUT2D eigenvalue weighted by molar-refractivity contribution is 6.03. The zero-order chi connectivity index (χ0) is 14.1. The molecule has 1 fully saturated rings. The van der Waals surface area contributed by atoms with Gasteiger partial charge in [0.15, 0.2) is 0 Å². The first-order valence-corrected chi connectivity index (χ1v) is 7.13. The summed E-state index contributed by atoms with van der Waals surface area (Å²) in [6.45, 7) is 4.86. The van der Waals surface area contributed by atoms with E-state index in [-0.39, 0.29) is 0 Å². The van der Waals surface area contributed by atoms with E-state index in [2.05, 4.69) is 4.90 Å². The van der Waals surface area contributed by atoms with Crippen LogP contribution in [0.25, 0.3) is 11.0 Å². The standard InChI is InChI=1S/C16H19NO3/c1-11-15(16(18)19)13-9-12(5-6-14(13)20-11)10-17-7-3-2-4-8-17/h5-6,9H,2-4,7-8,10H2,1H3,(H,18,19).